The van der Waals surface area contributed by atoms with Crippen LogP contribution in [0.15, 0.2) is 53.0 Å². The monoisotopic (exact) mass is 518 g/mol. The molecule has 0 saturated carbocycles. The highest BCUT2D eigenvalue weighted by Gasteiger charge is 2.42. The molecule has 1 atom stereocenters. The quantitative estimate of drug-likeness (QED) is 0.520. The lowest BCUT2D eigenvalue weighted by Crippen LogP contribution is -2.49. The van der Waals surface area contributed by atoms with Gasteiger partial charge in [-0.15, -0.1) is 0 Å². The van der Waals surface area contributed by atoms with Crippen LogP contribution in [0.5, 0.6) is 5.75 Å². The van der Waals surface area contributed by atoms with Crippen molar-refractivity contribution in [2.75, 3.05) is 19.0 Å². The van der Waals surface area contributed by atoms with Crippen LogP contribution in [-0.2, 0) is 9.59 Å². The van der Waals surface area contributed by atoms with Crippen molar-refractivity contribution in [1.29, 1.82) is 0 Å². The number of anilines is 1. The van der Waals surface area contributed by atoms with Crippen LogP contribution in [0, 0.1) is 0 Å². The molecule has 0 bridgehead atoms. The van der Waals surface area contributed by atoms with Crippen molar-refractivity contribution in [2.45, 2.75) is 25.8 Å². The van der Waals surface area contributed by atoms with Crippen molar-refractivity contribution < 1.29 is 19.1 Å². The van der Waals surface area contributed by atoms with Crippen molar-refractivity contribution in [3.8, 4) is 5.75 Å². The molecule has 10 heteroatoms. The highest BCUT2D eigenvalue weighted by atomic mass is 79.9. The second-order valence-corrected chi connectivity index (χ2v) is 8.42. The fraction of sp³-hybridized carbons (Fsp3) is 0.273. The molecule has 3 rings (SSSR count). The number of carbonyl (C=O) groups excluding carboxylic acids is 3. The van der Waals surface area contributed by atoms with Gasteiger partial charge in [0, 0.05) is 22.8 Å². The number of hydrogen-bond acceptors (Lipinski definition) is 5. The van der Waals surface area contributed by atoms with Crippen LogP contribution in [0.4, 0.5) is 5.69 Å². The predicted octanol–water partition coefficient (Wildman–Crippen LogP) is 3.34. The Bertz CT molecular complexity index is 1010. The van der Waals surface area contributed by atoms with Gasteiger partial charge in [0.1, 0.15) is 11.8 Å². The Morgan fingerprint density at radius 2 is 1.78 bits per heavy atom. The molecule has 2 aromatic rings. The topological polar surface area (TPSA) is 91.0 Å². The highest BCUT2D eigenvalue weighted by Crippen LogP contribution is 2.20. The second kappa shape index (κ2) is 10.6. The van der Waals surface area contributed by atoms with Gasteiger partial charge in [0.15, 0.2) is 5.11 Å². The number of nitrogens with one attached hydrogen (secondary N) is 2. The number of ether oxygens (including phenoxy) is 1. The third-order valence-corrected chi connectivity index (χ3v) is 5.74. The van der Waals surface area contributed by atoms with E-state index in [2.05, 4.69) is 26.7 Å². The fourth-order valence-corrected chi connectivity index (χ4v) is 3.57. The summed E-state index contributed by atoms with van der Waals surface area (Å²) in [6.07, 6.45) is 0.719. The molecule has 1 aliphatic rings. The number of thiocarbonyl (C=S) groups is 1. The molecule has 3 amide bonds. The van der Waals surface area contributed by atoms with Crippen LogP contribution < -0.4 is 15.5 Å². The smallest absolute Gasteiger partial charge is 0.269 e. The van der Waals surface area contributed by atoms with Gasteiger partial charge in [-0.25, -0.2) is 5.01 Å². The van der Waals surface area contributed by atoms with Gasteiger partial charge < -0.3 is 10.1 Å². The minimum Gasteiger partial charge on any atom is -0.494 e. The number of carbonyl (C=O) groups is 3. The minimum atomic E-state index is -0.945. The van der Waals surface area contributed by atoms with Gasteiger partial charge in [0.2, 0.25) is 5.91 Å². The maximum absolute atomic E-state index is 12.7. The molecule has 2 aromatic carbocycles. The fourth-order valence-electron chi connectivity index (χ4n) is 3.04. The number of likely N-dealkylation sites (N-methyl/N-ethyl adjacent to an activating group) is 1. The van der Waals surface area contributed by atoms with Crippen LogP contribution in [0.25, 0.3) is 0 Å². The number of halogens is 1. The first kappa shape index (κ1) is 23.7. The molecule has 2 N–H and O–H groups in total. The summed E-state index contributed by atoms with van der Waals surface area (Å²) in [7, 11) is 1.51. The highest BCUT2D eigenvalue weighted by molar-refractivity contribution is 9.10. The Morgan fingerprint density at radius 3 is 2.41 bits per heavy atom. The van der Waals surface area contributed by atoms with Gasteiger partial charge in [-0.2, -0.15) is 0 Å². The summed E-state index contributed by atoms with van der Waals surface area (Å²) in [6, 6.07) is 12.8. The summed E-state index contributed by atoms with van der Waals surface area (Å²) in [5, 5.41) is 4.15. The Hall–Kier alpha value is -2.98. The molecule has 1 fully saturated rings. The lowest BCUT2D eigenvalue weighted by molar-refractivity contribution is -0.130. The minimum absolute atomic E-state index is 0.121. The second-order valence-electron chi connectivity index (χ2n) is 7.14. The van der Waals surface area contributed by atoms with Crippen LogP contribution in [0.3, 0.4) is 0 Å². The molecule has 0 spiro atoms. The number of hydrogen-bond donors (Lipinski definition) is 2. The summed E-state index contributed by atoms with van der Waals surface area (Å²) in [6.45, 7) is 2.64. The molecule has 1 aliphatic heterocycles. The standard InChI is InChI=1S/C22H23BrN4O4S/c1-3-12-31-17-10-8-16(9-11-17)24-19(28)13-18-21(30)26(2)22(32)27(18)25-20(29)14-4-6-15(23)7-5-14/h4-11,18H,3,12-13H2,1-2H3,(H,24,28)(H,25,29). The lowest BCUT2D eigenvalue weighted by Gasteiger charge is -2.24. The average Bonchev–Trinajstić information content (AvgIpc) is 2.97. The van der Waals surface area contributed by atoms with Gasteiger partial charge in [-0.05, 0) is 67.2 Å². The van der Waals surface area contributed by atoms with Crippen molar-refractivity contribution in [3.63, 3.8) is 0 Å². The number of hydrazine groups is 1. The number of rotatable bonds is 8. The molecule has 0 aromatic heterocycles. The molecule has 0 aliphatic carbocycles. The first-order valence-corrected chi connectivity index (χ1v) is 11.2. The van der Waals surface area contributed by atoms with Crippen LogP contribution in [0.1, 0.15) is 30.1 Å². The van der Waals surface area contributed by atoms with Gasteiger partial charge in [0.25, 0.3) is 11.8 Å². The SMILES string of the molecule is CCCOc1ccc(NC(=O)CC2C(=O)N(C)C(=S)N2NC(=O)c2ccc(Br)cc2)cc1. The van der Waals surface area contributed by atoms with Crippen LogP contribution >= 0.6 is 28.1 Å². The lowest BCUT2D eigenvalue weighted by atomic mass is 10.2. The van der Waals surface area contributed by atoms with E-state index < -0.39 is 11.9 Å². The molecule has 1 heterocycles. The van der Waals surface area contributed by atoms with Gasteiger partial charge >= 0.3 is 0 Å². The molecule has 32 heavy (non-hydrogen) atoms. The van der Waals surface area contributed by atoms with E-state index in [9.17, 15) is 14.4 Å². The molecule has 168 valence electrons. The summed E-state index contributed by atoms with van der Waals surface area (Å²) in [5.74, 6) is -0.475. The summed E-state index contributed by atoms with van der Waals surface area (Å²) in [5.41, 5.74) is 3.62. The normalized spacial score (nSPS) is 15.7. The zero-order valence-electron chi connectivity index (χ0n) is 17.6. The zero-order valence-corrected chi connectivity index (χ0v) is 20.0. The van der Waals surface area contributed by atoms with Crippen molar-refractivity contribution in [2.24, 2.45) is 0 Å². The maximum Gasteiger partial charge on any atom is 0.269 e. The van der Waals surface area contributed by atoms with Gasteiger partial charge in [-0.1, -0.05) is 22.9 Å². The third-order valence-electron chi connectivity index (χ3n) is 4.74. The van der Waals surface area contributed by atoms with E-state index in [1.165, 1.54) is 17.0 Å². The van der Waals surface area contributed by atoms with Crippen LogP contribution in [-0.4, -0.2) is 52.4 Å². The average molecular weight is 519 g/mol. The Morgan fingerprint density at radius 1 is 1.12 bits per heavy atom. The summed E-state index contributed by atoms with van der Waals surface area (Å²) in [4.78, 5) is 39.2. The Kier molecular flexibility index (Phi) is 7.81. The van der Waals surface area contributed by atoms with Gasteiger partial charge in [-0.3, -0.25) is 24.7 Å². The van der Waals surface area contributed by atoms with E-state index in [-0.39, 0.29) is 23.3 Å². The van der Waals surface area contributed by atoms with E-state index in [0.717, 1.165) is 10.9 Å². The molecule has 8 nitrogen and oxygen atoms in total. The maximum atomic E-state index is 12.7. The Labute approximate surface area is 200 Å². The molecule has 1 saturated heterocycles. The third kappa shape index (κ3) is 5.63. The predicted molar refractivity (Wildman–Crippen MR) is 128 cm³/mol. The first-order valence-electron chi connectivity index (χ1n) is 10.00. The largest absolute Gasteiger partial charge is 0.494 e. The number of nitrogens with zero attached hydrogens (tertiary/aromatic N) is 2. The van der Waals surface area contributed by atoms with E-state index in [1.807, 2.05) is 6.92 Å². The summed E-state index contributed by atoms with van der Waals surface area (Å²) >= 11 is 8.62. The summed E-state index contributed by atoms with van der Waals surface area (Å²) < 4.78 is 6.36. The zero-order chi connectivity index (χ0) is 23.3. The van der Waals surface area contributed by atoms with Crippen molar-refractivity contribution in [3.05, 3.63) is 58.6 Å². The first-order chi connectivity index (χ1) is 15.3. The number of benzene rings is 2. The van der Waals surface area contributed by atoms with Gasteiger partial charge in [0.05, 0.1) is 13.0 Å². The van der Waals surface area contributed by atoms with Crippen LogP contribution in [0.2, 0.25) is 0 Å². The molecule has 1 unspecified atom stereocenters. The van der Waals surface area contributed by atoms with E-state index in [4.69, 9.17) is 17.0 Å². The number of amides is 3. The van der Waals surface area contributed by atoms with E-state index in [1.54, 1.807) is 48.5 Å². The van der Waals surface area contributed by atoms with E-state index >= 15 is 0 Å². The Balaban J connectivity index is 1.66. The molecule has 0 radical (unpaired) electrons. The van der Waals surface area contributed by atoms with Crippen molar-refractivity contribution >= 4 is 56.7 Å². The molecular weight excluding hydrogens is 496 g/mol. The molecular formula is C22H23BrN4O4S. The van der Waals surface area contributed by atoms with Crippen molar-refractivity contribution in [1.82, 2.24) is 15.3 Å². The van der Waals surface area contributed by atoms with E-state index in [0.29, 0.717) is 23.6 Å².